The van der Waals surface area contributed by atoms with E-state index in [-0.39, 0.29) is 0 Å². The van der Waals surface area contributed by atoms with Gasteiger partial charge in [-0.2, -0.15) is 0 Å². The molecule has 0 aromatic heterocycles. The van der Waals surface area contributed by atoms with Crippen LogP contribution in [0.25, 0.3) is 0 Å². The fourth-order valence-corrected chi connectivity index (χ4v) is 2.59. The third kappa shape index (κ3) is 1.31. The summed E-state index contributed by atoms with van der Waals surface area (Å²) in [4.78, 5) is 2.36. The quantitative estimate of drug-likeness (QED) is 0.656. The van der Waals surface area contributed by atoms with Gasteiger partial charge in [-0.05, 0) is 42.0 Å². The van der Waals surface area contributed by atoms with Crippen LogP contribution in [0.2, 0.25) is 0 Å². The number of hydrogen-bond acceptors (Lipinski definition) is 1. The van der Waals surface area contributed by atoms with Gasteiger partial charge in [-0.3, -0.25) is 0 Å². The molecule has 76 valence electrons. The van der Waals surface area contributed by atoms with Crippen molar-refractivity contribution in [2.45, 2.75) is 33.1 Å². The van der Waals surface area contributed by atoms with Crippen LogP contribution in [0.3, 0.4) is 0 Å². The Hall–Kier alpha value is -0.980. The highest BCUT2D eigenvalue weighted by molar-refractivity contribution is 5.62. The molecule has 0 N–H and O–H groups in total. The Morgan fingerprint density at radius 2 is 2.00 bits per heavy atom. The largest absolute Gasteiger partial charge is 0.374 e. The van der Waals surface area contributed by atoms with Gasteiger partial charge in [-0.25, -0.2) is 0 Å². The van der Waals surface area contributed by atoms with Crippen LogP contribution >= 0.6 is 0 Å². The number of rotatable bonds is 1. The summed E-state index contributed by atoms with van der Waals surface area (Å²) < 4.78 is 0. The van der Waals surface area contributed by atoms with Crippen molar-refractivity contribution in [3.05, 3.63) is 28.8 Å². The minimum Gasteiger partial charge on any atom is -0.374 e. The first-order valence-electron chi connectivity index (χ1n) is 5.44. The Bertz CT molecular complexity index is 352. The molecule has 0 fully saturated rings. The Kier molecular flexibility index (Phi) is 2.26. The van der Waals surface area contributed by atoms with E-state index in [1.165, 1.54) is 24.2 Å². The first-order valence-corrected chi connectivity index (χ1v) is 5.44. The summed E-state index contributed by atoms with van der Waals surface area (Å²) in [5.41, 5.74) is 6.06. The van der Waals surface area contributed by atoms with Crippen molar-refractivity contribution in [1.82, 2.24) is 0 Å². The van der Waals surface area contributed by atoms with Gasteiger partial charge in [-0.15, -0.1) is 0 Å². The highest BCUT2D eigenvalue weighted by Crippen LogP contribution is 2.35. The summed E-state index contributed by atoms with van der Waals surface area (Å²) in [5.74, 6) is 0.649. The molecule has 1 heteroatoms. The molecule has 0 radical (unpaired) electrons. The second-order valence-electron chi connectivity index (χ2n) is 4.62. The van der Waals surface area contributed by atoms with Crippen LogP contribution in [0, 0.1) is 6.92 Å². The second-order valence-corrected chi connectivity index (χ2v) is 4.62. The molecule has 0 bridgehead atoms. The zero-order chi connectivity index (χ0) is 10.3. The van der Waals surface area contributed by atoms with Crippen molar-refractivity contribution < 1.29 is 0 Å². The fourth-order valence-electron chi connectivity index (χ4n) is 2.59. The molecule has 0 aliphatic carbocycles. The van der Waals surface area contributed by atoms with Gasteiger partial charge in [0.25, 0.3) is 0 Å². The van der Waals surface area contributed by atoms with Gasteiger partial charge < -0.3 is 4.90 Å². The lowest BCUT2D eigenvalue weighted by molar-refractivity contribution is 0.837. The number of nitrogens with zero attached hydrogens (tertiary/aromatic N) is 1. The van der Waals surface area contributed by atoms with Crippen molar-refractivity contribution >= 4 is 5.69 Å². The van der Waals surface area contributed by atoms with E-state index in [4.69, 9.17) is 0 Å². The molecule has 0 amide bonds. The van der Waals surface area contributed by atoms with Crippen LogP contribution in [0.5, 0.6) is 0 Å². The molecule has 0 atom stereocenters. The zero-order valence-electron chi connectivity index (χ0n) is 9.59. The smallest absolute Gasteiger partial charge is 0.0400 e. The average molecular weight is 189 g/mol. The van der Waals surface area contributed by atoms with Gasteiger partial charge in [0.15, 0.2) is 0 Å². The SMILES string of the molecule is Cc1ccc2c(c1C(C)C)CCN2C. The molecule has 0 saturated carbocycles. The van der Waals surface area contributed by atoms with Crippen molar-refractivity contribution in [1.29, 1.82) is 0 Å². The standard InChI is InChI=1S/C13H19N/c1-9(2)13-10(3)5-6-12-11(13)7-8-14(12)4/h5-6,9H,7-8H2,1-4H3. The van der Waals surface area contributed by atoms with E-state index in [9.17, 15) is 0 Å². The molecule has 14 heavy (non-hydrogen) atoms. The van der Waals surface area contributed by atoms with Gasteiger partial charge >= 0.3 is 0 Å². The van der Waals surface area contributed by atoms with Gasteiger partial charge in [0.05, 0.1) is 0 Å². The normalized spacial score (nSPS) is 15.1. The number of likely N-dealkylation sites (N-methyl/N-ethyl adjacent to an activating group) is 1. The van der Waals surface area contributed by atoms with E-state index < -0.39 is 0 Å². The van der Waals surface area contributed by atoms with Crippen LogP contribution in [-0.2, 0) is 6.42 Å². The average Bonchev–Trinajstić information content (AvgIpc) is 2.47. The number of fused-ring (bicyclic) bond motifs is 1. The number of benzene rings is 1. The molecule has 1 aromatic rings. The second kappa shape index (κ2) is 3.30. The molecular formula is C13H19N. The van der Waals surface area contributed by atoms with Crippen LogP contribution in [-0.4, -0.2) is 13.6 Å². The minimum absolute atomic E-state index is 0.649. The molecule has 2 rings (SSSR count). The van der Waals surface area contributed by atoms with Crippen LogP contribution in [0.4, 0.5) is 5.69 Å². The predicted molar refractivity (Wildman–Crippen MR) is 62.2 cm³/mol. The first-order chi connectivity index (χ1) is 6.61. The van der Waals surface area contributed by atoms with E-state index in [0.717, 1.165) is 0 Å². The predicted octanol–water partition coefficient (Wildman–Crippen LogP) is 3.11. The number of hydrogen-bond donors (Lipinski definition) is 0. The maximum absolute atomic E-state index is 2.36. The maximum Gasteiger partial charge on any atom is 0.0400 e. The van der Waals surface area contributed by atoms with Crippen LogP contribution in [0.15, 0.2) is 12.1 Å². The minimum atomic E-state index is 0.649. The molecule has 0 saturated heterocycles. The molecule has 1 aliphatic rings. The maximum atomic E-state index is 2.36. The van der Waals surface area contributed by atoms with Crippen molar-refractivity contribution in [3.8, 4) is 0 Å². The van der Waals surface area contributed by atoms with Crippen molar-refractivity contribution in [2.75, 3.05) is 18.5 Å². The highest BCUT2D eigenvalue weighted by Gasteiger charge is 2.21. The van der Waals surface area contributed by atoms with Gasteiger partial charge in [0, 0.05) is 19.3 Å². The summed E-state index contributed by atoms with van der Waals surface area (Å²) in [7, 11) is 2.19. The Morgan fingerprint density at radius 1 is 1.29 bits per heavy atom. The third-order valence-corrected chi connectivity index (χ3v) is 3.24. The molecule has 1 nitrogen and oxygen atoms in total. The van der Waals surface area contributed by atoms with Gasteiger partial charge in [0.1, 0.15) is 0 Å². The Labute approximate surface area is 86.7 Å². The highest BCUT2D eigenvalue weighted by atomic mass is 15.1. The summed E-state index contributed by atoms with van der Waals surface area (Å²) in [5, 5.41) is 0. The summed E-state index contributed by atoms with van der Waals surface area (Å²) in [6.45, 7) is 7.99. The van der Waals surface area contributed by atoms with Gasteiger partial charge in [-0.1, -0.05) is 19.9 Å². The first kappa shape index (κ1) is 9.57. The number of anilines is 1. The summed E-state index contributed by atoms with van der Waals surface area (Å²) >= 11 is 0. The lowest BCUT2D eigenvalue weighted by atomic mass is 9.91. The topological polar surface area (TPSA) is 3.24 Å². The molecule has 1 heterocycles. The molecule has 1 aliphatic heterocycles. The lowest BCUT2D eigenvalue weighted by Gasteiger charge is -2.17. The lowest BCUT2D eigenvalue weighted by Crippen LogP contribution is -2.12. The summed E-state index contributed by atoms with van der Waals surface area (Å²) in [6.07, 6.45) is 1.22. The monoisotopic (exact) mass is 189 g/mol. The summed E-state index contributed by atoms with van der Waals surface area (Å²) in [6, 6.07) is 4.53. The number of aryl methyl sites for hydroxylation is 1. The van der Waals surface area contributed by atoms with E-state index in [0.29, 0.717) is 5.92 Å². The Balaban J connectivity index is 2.59. The van der Waals surface area contributed by atoms with E-state index >= 15 is 0 Å². The Morgan fingerprint density at radius 3 is 2.64 bits per heavy atom. The van der Waals surface area contributed by atoms with E-state index in [1.54, 1.807) is 11.1 Å². The molecule has 0 unspecified atom stereocenters. The van der Waals surface area contributed by atoms with Gasteiger partial charge in [0.2, 0.25) is 0 Å². The van der Waals surface area contributed by atoms with Crippen molar-refractivity contribution in [2.24, 2.45) is 0 Å². The van der Waals surface area contributed by atoms with E-state index in [1.807, 2.05) is 0 Å². The van der Waals surface area contributed by atoms with E-state index in [2.05, 4.69) is 44.9 Å². The third-order valence-electron chi connectivity index (χ3n) is 3.24. The molecular weight excluding hydrogens is 170 g/mol. The van der Waals surface area contributed by atoms with Crippen LogP contribution < -0.4 is 4.90 Å². The fraction of sp³-hybridized carbons (Fsp3) is 0.538. The molecule has 1 aromatic carbocycles. The molecule has 0 spiro atoms. The zero-order valence-corrected chi connectivity index (χ0v) is 9.59. The van der Waals surface area contributed by atoms with Crippen LogP contribution in [0.1, 0.15) is 36.5 Å². The van der Waals surface area contributed by atoms with Crippen molar-refractivity contribution in [3.63, 3.8) is 0 Å².